The Hall–Kier alpha value is -0.353. The van der Waals surface area contributed by atoms with Gasteiger partial charge in [0, 0.05) is 13.0 Å². The molecule has 0 aromatic carbocycles. The Balaban J connectivity index is 3.72. The van der Waals surface area contributed by atoms with Crippen LogP contribution in [0, 0.1) is 0 Å². The third-order valence-corrected chi connectivity index (χ3v) is 7.59. The summed E-state index contributed by atoms with van der Waals surface area (Å²) in [6.07, 6.45) is 1.81. The highest BCUT2D eigenvalue weighted by atomic mass is 28.4. The monoisotopic (exact) mass is 232 g/mol. The number of carboxylic acid groups (broad SMARTS) is 1. The van der Waals surface area contributed by atoms with Crippen LogP contribution in [0.5, 0.6) is 0 Å². The zero-order valence-corrected chi connectivity index (χ0v) is 11.6. The van der Waals surface area contributed by atoms with E-state index in [1.807, 2.05) is 0 Å². The molecule has 1 N–H and O–H groups in total. The third-order valence-electron chi connectivity index (χ3n) is 3.05. The van der Waals surface area contributed by atoms with Crippen molar-refractivity contribution in [2.75, 3.05) is 6.61 Å². The van der Waals surface area contributed by atoms with Crippen LogP contribution in [-0.2, 0) is 9.22 Å². The Morgan fingerprint density at radius 2 is 1.80 bits per heavy atom. The molecule has 0 atom stereocenters. The highest BCUT2D eigenvalue weighted by Crippen LogP contribution is 2.36. The van der Waals surface area contributed by atoms with Crippen molar-refractivity contribution in [3.05, 3.63) is 0 Å². The molecule has 0 saturated heterocycles. The van der Waals surface area contributed by atoms with Crippen molar-refractivity contribution in [2.24, 2.45) is 0 Å². The second-order valence-corrected chi connectivity index (χ2v) is 10.3. The molecule has 0 aromatic heterocycles. The van der Waals surface area contributed by atoms with Crippen LogP contribution in [0.1, 0.15) is 40.0 Å². The molecule has 0 fully saturated rings. The Morgan fingerprint density at radius 3 is 2.20 bits per heavy atom. The van der Waals surface area contributed by atoms with Crippen LogP contribution < -0.4 is 0 Å². The summed E-state index contributed by atoms with van der Waals surface area (Å²) >= 11 is 0. The van der Waals surface area contributed by atoms with Crippen molar-refractivity contribution in [2.45, 2.75) is 58.2 Å². The molecular formula is C11H24O3Si. The average Bonchev–Trinajstić information content (AvgIpc) is 2.00. The van der Waals surface area contributed by atoms with E-state index in [0.29, 0.717) is 13.0 Å². The SMILES string of the molecule is CC(C)(C)[Si](C)(C)OCCCCC(=O)O. The first-order chi connectivity index (χ1) is 6.67. The predicted molar refractivity (Wildman–Crippen MR) is 64.6 cm³/mol. The maximum Gasteiger partial charge on any atom is 0.303 e. The van der Waals surface area contributed by atoms with E-state index in [4.69, 9.17) is 9.53 Å². The number of carbonyl (C=O) groups is 1. The molecule has 0 heterocycles. The fourth-order valence-corrected chi connectivity index (χ4v) is 2.01. The Bertz CT molecular complexity index is 206. The molecule has 0 aliphatic heterocycles. The first kappa shape index (κ1) is 14.6. The lowest BCUT2D eigenvalue weighted by Crippen LogP contribution is -2.40. The molecule has 0 saturated carbocycles. The molecule has 0 unspecified atom stereocenters. The fourth-order valence-electron chi connectivity index (χ4n) is 0.922. The van der Waals surface area contributed by atoms with Crippen LogP contribution in [0.15, 0.2) is 0 Å². The number of hydrogen-bond donors (Lipinski definition) is 1. The normalized spacial score (nSPS) is 12.9. The molecule has 4 heteroatoms. The summed E-state index contributed by atoms with van der Waals surface area (Å²) in [5.41, 5.74) is 0. The van der Waals surface area contributed by atoms with Gasteiger partial charge >= 0.3 is 5.97 Å². The van der Waals surface area contributed by atoms with E-state index in [-0.39, 0.29) is 11.5 Å². The van der Waals surface area contributed by atoms with Gasteiger partial charge in [0.1, 0.15) is 0 Å². The van der Waals surface area contributed by atoms with E-state index in [0.717, 1.165) is 6.42 Å². The minimum atomic E-state index is -1.63. The van der Waals surface area contributed by atoms with Crippen LogP contribution in [0.25, 0.3) is 0 Å². The number of unbranched alkanes of at least 4 members (excludes halogenated alkanes) is 1. The lowest BCUT2D eigenvalue weighted by atomic mass is 10.2. The van der Waals surface area contributed by atoms with Gasteiger partial charge in [-0.2, -0.15) is 0 Å². The number of hydrogen-bond acceptors (Lipinski definition) is 2. The number of carboxylic acids is 1. The van der Waals surface area contributed by atoms with Crippen LogP contribution >= 0.6 is 0 Å². The summed E-state index contributed by atoms with van der Waals surface area (Å²) in [6, 6.07) is 0. The van der Waals surface area contributed by atoms with Gasteiger partial charge in [-0.25, -0.2) is 0 Å². The van der Waals surface area contributed by atoms with Crippen molar-refractivity contribution >= 4 is 14.3 Å². The van der Waals surface area contributed by atoms with E-state index in [1.165, 1.54) is 0 Å². The third kappa shape index (κ3) is 5.94. The molecule has 90 valence electrons. The zero-order valence-electron chi connectivity index (χ0n) is 10.6. The molecule has 0 bridgehead atoms. The molecule has 0 radical (unpaired) electrons. The molecular weight excluding hydrogens is 208 g/mol. The minimum Gasteiger partial charge on any atom is -0.481 e. The molecule has 0 aliphatic carbocycles. The van der Waals surface area contributed by atoms with Gasteiger partial charge in [0.25, 0.3) is 0 Å². The topological polar surface area (TPSA) is 46.5 Å². The predicted octanol–water partition coefficient (Wildman–Crippen LogP) is 3.26. The van der Waals surface area contributed by atoms with Crippen molar-refractivity contribution in [1.82, 2.24) is 0 Å². The summed E-state index contributed by atoms with van der Waals surface area (Å²) in [4.78, 5) is 10.3. The largest absolute Gasteiger partial charge is 0.481 e. The molecule has 0 aromatic rings. The van der Waals surface area contributed by atoms with Gasteiger partial charge in [-0.15, -0.1) is 0 Å². The first-order valence-corrected chi connectivity index (χ1v) is 8.43. The van der Waals surface area contributed by atoms with Gasteiger partial charge in [-0.05, 0) is 31.0 Å². The van der Waals surface area contributed by atoms with E-state index < -0.39 is 14.3 Å². The molecule has 15 heavy (non-hydrogen) atoms. The van der Waals surface area contributed by atoms with Gasteiger partial charge in [0.15, 0.2) is 8.32 Å². The van der Waals surface area contributed by atoms with E-state index >= 15 is 0 Å². The van der Waals surface area contributed by atoms with Crippen molar-refractivity contribution in [3.63, 3.8) is 0 Å². The molecule has 0 amide bonds. The van der Waals surface area contributed by atoms with Crippen molar-refractivity contribution in [3.8, 4) is 0 Å². The summed E-state index contributed by atoms with van der Waals surface area (Å²) < 4.78 is 5.92. The summed E-state index contributed by atoms with van der Waals surface area (Å²) in [5.74, 6) is -0.720. The van der Waals surface area contributed by atoms with E-state index in [9.17, 15) is 4.79 Å². The molecule has 0 spiro atoms. The van der Waals surface area contributed by atoms with Crippen molar-refractivity contribution in [1.29, 1.82) is 0 Å². The van der Waals surface area contributed by atoms with Crippen LogP contribution in [-0.4, -0.2) is 26.0 Å². The number of aliphatic carboxylic acids is 1. The van der Waals surface area contributed by atoms with Gasteiger partial charge in [0.05, 0.1) is 0 Å². The average molecular weight is 232 g/mol. The minimum absolute atomic E-state index is 0.236. The van der Waals surface area contributed by atoms with E-state index in [2.05, 4.69) is 33.9 Å². The van der Waals surface area contributed by atoms with Crippen molar-refractivity contribution < 1.29 is 14.3 Å². The van der Waals surface area contributed by atoms with E-state index in [1.54, 1.807) is 0 Å². The van der Waals surface area contributed by atoms with Crippen LogP contribution in [0.4, 0.5) is 0 Å². The summed E-state index contributed by atoms with van der Waals surface area (Å²) in [6.45, 7) is 11.7. The highest BCUT2D eigenvalue weighted by molar-refractivity contribution is 6.74. The summed E-state index contributed by atoms with van der Waals surface area (Å²) in [7, 11) is -1.63. The smallest absolute Gasteiger partial charge is 0.303 e. The quantitative estimate of drug-likeness (QED) is 0.565. The lowest BCUT2D eigenvalue weighted by Gasteiger charge is -2.36. The Kier molecular flexibility index (Phi) is 5.52. The Labute approximate surface area is 94.0 Å². The second-order valence-electron chi connectivity index (χ2n) is 5.46. The van der Waals surface area contributed by atoms with Gasteiger partial charge in [-0.1, -0.05) is 20.8 Å². The van der Waals surface area contributed by atoms with Gasteiger partial charge in [0.2, 0.25) is 0 Å². The van der Waals surface area contributed by atoms with Gasteiger partial charge in [-0.3, -0.25) is 4.79 Å². The first-order valence-electron chi connectivity index (χ1n) is 5.52. The maximum absolute atomic E-state index is 10.3. The molecule has 0 aliphatic rings. The fraction of sp³-hybridized carbons (Fsp3) is 0.909. The standard InChI is InChI=1S/C11H24O3Si/c1-11(2,3)15(4,5)14-9-7-6-8-10(12)13/h6-9H2,1-5H3,(H,12,13). The molecule has 0 rings (SSSR count). The zero-order chi connectivity index (χ0) is 12.1. The maximum atomic E-state index is 10.3. The van der Waals surface area contributed by atoms with Crippen LogP contribution in [0.3, 0.4) is 0 Å². The van der Waals surface area contributed by atoms with Gasteiger partial charge < -0.3 is 9.53 Å². The lowest BCUT2D eigenvalue weighted by molar-refractivity contribution is -0.137. The summed E-state index contributed by atoms with van der Waals surface area (Å²) in [5, 5.41) is 8.71. The van der Waals surface area contributed by atoms with Crippen LogP contribution in [0.2, 0.25) is 18.1 Å². The number of rotatable bonds is 6. The molecule has 3 nitrogen and oxygen atoms in total. The highest BCUT2D eigenvalue weighted by Gasteiger charge is 2.36. The second kappa shape index (κ2) is 5.65. The Morgan fingerprint density at radius 1 is 1.27 bits per heavy atom.